The molecule has 1 aliphatic rings. The van der Waals surface area contributed by atoms with Crippen molar-refractivity contribution in [2.75, 3.05) is 16.3 Å². The van der Waals surface area contributed by atoms with Gasteiger partial charge in [0.1, 0.15) is 0 Å². The minimum absolute atomic E-state index is 0.0914. The van der Waals surface area contributed by atoms with E-state index < -0.39 is 0 Å². The predicted octanol–water partition coefficient (Wildman–Crippen LogP) is 10.5. The van der Waals surface area contributed by atoms with E-state index in [-0.39, 0.29) is 5.41 Å². The molecule has 8 rings (SSSR count). The van der Waals surface area contributed by atoms with Gasteiger partial charge in [-0.2, -0.15) is 10.5 Å². The maximum Gasteiger partial charge on any atom is 0.0992 e. The zero-order valence-electron chi connectivity index (χ0n) is 25.5. The van der Waals surface area contributed by atoms with Crippen LogP contribution in [0.1, 0.15) is 36.1 Å². The van der Waals surface area contributed by atoms with Crippen LogP contribution in [0.3, 0.4) is 0 Å². The van der Waals surface area contributed by atoms with Crippen LogP contribution in [0.5, 0.6) is 0 Å². The van der Waals surface area contributed by atoms with Crippen LogP contribution in [0.15, 0.2) is 115 Å². The van der Waals surface area contributed by atoms with Crippen LogP contribution >= 0.6 is 0 Å². The largest absolute Gasteiger partial charge is 0.340 e. The molecule has 45 heavy (non-hydrogen) atoms. The van der Waals surface area contributed by atoms with Crippen molar-refractivity contribution < 1.29 is 0 Å². The molecule has 0 bridgehead atoms. The Bertz CT molecular complexity index is 2370. The number of benzene rings is 7. The van der Waals surface area contributed by atoms with Gasteiger partial charge in [-0.05, 0) is 94.7 Å². The SMILES string of the molecule is Cc1ccc(N(c2cccc(C#N)c2)c2ccc3ccc4c(N5CC(C)(C)c6cc(C#N)ccc65)ccc5ccc2c3c54)cc1. The van der Waals surface area contributed by atoms with Crippen molar-refractivity contribution >= 4 is 60.8 Å². The molecule has 0 radical (unpaired) electrons. The quantitative estimate of drug-likeness (QED) is 0.195. The molecule has 0 aliphatic carbocycles. The molecule has 4 nitrogen and oxygen atoms in total. The maximum absolute atomic E-state index is 9.73. The lowest BCUT2D eigenvalue weighted by Gasteiger charge is -2.28. The molecule has 0 atom stereocenters. The van der Waals surface area contributed by atoms with Crippen LogP contribution in [0.25, 0.3) is 32.3 Å². The second kappa shape index (κ2) is 9.84. The number of hydrogen-bond acceptors (Lipinski definition) is 4. The molecule has 0 spiro atoms. The van der Waals surface area contributed by atoms with Crippen molar-refractivity contribution in [2.24, 2.45) is 0 Å². The number of aryl methyl sites for hydroxylation is 1. The van der Waals surface area contributed by atoms with Crippen molar-refractivity contribution in [3.05, 3.63) is 138 Å². The predicted molar refractivity (Wildman–Crippen MR) is 185 cm³/mol. The summed E-state index contributed by atoms with van der Waals surface area (Å²) in [4.78, 5) is 4.69. The van der Waals surface area contributed by atoms with Crippen molar-refractivity contribution in [1.82, 2.24) is 0 Å². The van der Waals surface area contributed by atoms with Crippen molar-refractivity contribution in [2.45, 2.75) is 26.2 Å². The monoisotopic (exact) mass is 578 g/mol. The summed E-state index contributed by atoms with van der Waals surface area (Å²) in [6.45, 7) is 7.45. The molecule has 0 aromatic heterocycles. The third-order valence-corrected chi connectivity index (χ3v) is 9.37. The van der Waals surface area contributed by atoms with Crippen molar-refractivity contribution in [1.29, 1.82) is 10.5 Å². The van der Waals surface area contributed by atoms with Crippen LogP contribution in [-0.4, -0.2) is 6.54 Å². The molecule has 0 saturated heterocycles. The topological polar surface area (TPSA) is 54.1 Å². The first-order valence-electron chi connectivity index (χ1n) is 15.3. The summed E-state index contributed by atoms with van der Waals surface area (Å²) in [6.07, 6.45) is 0. The van der Waals surface area contributed by atoms with Gasteiger partial charge in [0.15, 0.2) is 0 Å². The van der Waals surface area contributed by atoms with Gasteiger partial charge < -0.3 is 9.80 Å². The first-order chi connectivity index (χ1) is 21.9. The molecule has 7 aromatic rings. The summed E-state index contributed by atoms with van der Waals surface area (Å²) in [5.74, 6) is 0. The molecular formula is C41H30N4. The number of nitrogens with zero attached hydrogens (tertiary/aromatic N) is 4. The molecule has 1 aliphatic heterocycles. The van der Waals surface area contributed by atoms with E-state index in [0.29, 0.717) is 11.1 Å². The average Bonchev–Trinajstić information content (AvgIpc) is 3.34. The van der Waals surface area contributed by atoms with Crippen LogP contribution in [0.4, 0.5) is 28.4 Å². The number of nitriles is 2. The van der Waals surface area contributed by atoms with Crippen LogP contribution in [0.2, 0.25) is 0 Å². The fourth-order valence-corrected chi connectivity index (χ4v) is 7.20. The Hall–Kier alpha value is -5.84. The Balaban J connectivity index is 1.38. The Kier molecular flexibility index (Phi) is 5.86. The van der Waals surface area contributed by atoms with E-state index in [2.05, 4.69) is 134 Å². The highest BCUT2D eigenvalue weighted by Crippen LogP contribution is 2.49. The van der Waals surface area contributed by atoms with Gasteiger partial charge in [0.05, 0.1) is 29.0 Å². The molecule has 0 fully saturated rings. The zero-order valence-corrected chi connectivity index (χ0v) is 25.5. The van der Waals surface area contributed by atoms with Gasteiger partial charge in [0.25, 0.3) is 0 Å². The highest BCUT2D eigenvalue weighted by molar-refractivity contribution is 6.28. The fourth-order valence-electron chi connectivity index (χ4n) is 7.20. The summed E-state index contributed by atoms with van der Waals surface area (Å²) >= 11 is 0. The van der Waals surface area contributed by atoms with E-state index in [9.17, 15) is 10.5 Å². The maximum atomic E-state index is 9.73. The number of fused-ring (bicyclic) bond motifs is 1. The van der Waals surface area contributed by atoms with E-state index in [4.69, 9.17) is 0 Å². The summed E-state index contributed by atoms with van der Waals surface area (Å²) in [5, 5.41) is 26.6. The third-order valence-electron chi connectivity index (χ3n) is 9.37. The molecule has 0 unspecified atom stereocenters. The third kappa shape index (κ3) is 4.11. The molecule has 1 heterocycles. The van der Waals surface area contributed by atoms with Crippen LogP contribution < -0.4 is 9.80 Å². The van der Waals surface area contributed by atoms with Crippen LogP contribution in [0, 0.1) is 29.6 Å². The number of rotatable bonds is 4. The summed E-state index contributed by atoms with van der Waals surface area (Å²) in [6, 6.07) is 45.0. The number of hydrogen-bond donors (Lipinski definition) is 0. The van der Waals surface area contributed by atoms with Gasteiger partial charge >= 0.3 is 0 Å². The van der Waals surface area contributed by atoms with E-state index in [1.165, 1.54) is 43.7 Å². The summed E-state index contributed by atoms with van der Waals surface area (Å²) < 4.78 is 0. The normalized spacial score (nSPS) is 13.7. The van der Waals surface area contributed by atoms with Gasteiger partial charge in [0, 0.05) is 45.5 Å². The minimum Gasteiger partial charge on any atom is -0.340 e. The van der Waals surface area contributed by atoms with Crippen molar-refractivity contribution in [3.8, 4) is 12.1 Å². The Morgan fingerprint density at radius 2 is 1.29 bits per heavy atom. The second-order valence-electron chi connectivity index (χ2n) is 12.7. The average molecular weight is 579 g/mol. The van der Waals surface area contributed by atoms with Crippen LogP contribution in [-0.2, 0) is 5.41 Å². The van der Waals surface area contributed by atoms with Gasteiger partial charge in [-0.15, -0.1) is 0 Å². The molecule has 214 valence electrons. The van der Waals surface area contributed by atoms with E-state index >= 15 is 0 Å². The highest BCUT2D eigenvalue weighted by Gasteiger charge is 2.36. The molecule has 7 aromatic carbocycles. The molecule has 0 N–H and O–H groups in total. The first-order valence-corrected chi connectivity index (χ1v) is 15.3. The Morgan fingerprint density at radius 1 is 0.644 bits per heavy atom. The lowest BCUT2D eigenvalue weighted by atomic mass is 9.86. The van der Waals surface area contributed by atoms with E-state index in [1.807, 2.05) is 24.3 Å². The van der Waals surface area contributed by atoms with Crippen molar-refractivity contribution in [3.63, 3.8) is 0 Å². The van der Waals surface area contributed by atoms with Gasteiger partial charge in [0.2, 0.25) is 0 Å². The smallest absolute Gasteiger partial charge is 0.0992 e. The highest BCUT2D eigenvalue weighted by atomic mass is 15.2. The number of anilines is 5. The molecule has 0 saturated carbocycles. The van der Waals surface area contributed by atoms with Gasteiger partial charge in [-0.25, -0.2) is 0 Å². The lowest BCUT2D eigenvalue weighted by molar-refractivity contribution is 0.569. The minimum atomic E-state index is -0.0914. The van der Waals surface area contributed by atoms with E-state index in [0.717, 1.165) is 34.7 Å². The van der Waals surface area contributed by atoms with E-state index in [1.54, 1.807) is 0 Å². The Labute approximate surface area is 262 Å². The lowest BCUT2D eigenvalue weighted by Crippen LogP contribution is -2.25. The first kappa shape index (κ1) is 26.8. The molecule has 0 amide bonds. The van der Waals surface area contributed by atoms with Gasteiger partial charge in [-0.3, -0.25) is 0 Å². The van der Waals surface area contributed by atoms with Gasteiger partial charge in [-0.1, -0.05) is 74.0 Å². The molecular weight excluding hydrogens is 548 g/mol. The molecule has 4 heteroatoms. The fraction of sp³-hybridized carbons (Fsp3) is 0.122. The summed E-state index contributed by atoms with van der Waals surface area (Å²) in [7, 11) is 0. The second-order valence-corrected chi connectivity index (χ2v) is 12.7. The standard InChI is InChI=1S/C41H30N4/c1-26-7-14-31(15-8-26)45(32-6-4-5-27(21-32)23-42)37-20-13-30-10-16-33-36(19-12-29-11-17-34(37)40(30)39(29)33)44-25-41(2,3)35-22-28(24-43)9-18-38(35)44/h4-22H,25H2,1-3H3. The summed E-state index contributed by atoms with van der Waals surface area (Å²) in [5.41, 5.74) is 9.04. The Morgan fingerprint density at radius 3 is 2.04 bits per heavy atom. The zero-order chi connectivity index (χ0) is 30.9.